The molecule has 7 heteroatoms. The Kier molecular flexibility index (Phi) is 5.48. The average molecular weight is 446 g/mol. The van der Waals surface area contributed by atoms with Crippen LogP contribution in [-0.4, -0.2) is 45.6 Å². The quantitative estimate of drug-likeness (QED) is 0.618. The lowest BCUT2D eigenvalue weighted by molar-refractivity contribution is -0.134. The second kappa shape index (κ2) is 8.46. The van der Waals surface area contributed by atoms with Crippen LogP contribution in [0.5, 0.6) is 5.75 Å². The lowest BCUT2D eigenvalue weighted by atomic mass is 9.86. The molecule has 3 heterocycles. The Morgan fingerprint density at radius 3 is 2.73 bits per heavy atom. The van der Waals surface area contributed by atoms with Crippen LogP contribution in [0.4, 0.5) is 0 Å². The van der Waals surface area contributed by atoms with Crippen LogP contribution >= 0.6 is 0 Å². The molecule has 5 rings (SSSR count). The minimum atomic E-state index is -0.258. The van der Waals surface area contributed by atoms with Gasteiger partial charge in [-0.1, -0.05) is 29.8 Å². The number of piperidine rings is 1. The molecule has 7 nitrogen and oxygen atoms in total. The molecule has 0 aliphatic carbocycles. The minimum absolute atomic E-state index is 0.0733. The first-order chi connectivity index (χ1) is 15.9. The third-order valence-electron chi connectivity index (χ3n) is 6.77. The van der Waals surface area contributed by atoms with E-state index in [0.29, 0.717) is 36.2 Å². The van der Waals surface area contributed by atoms with Gasteiger partial charge in [-0.3, -0.25) is 14.4 Å². The van der Waals surface area contributed by atoms with E-state index >= 15 is 0 Å². The molecular formula is C26H27N3O4. The molecule has 1 fully saturated rings. The number of likely N-dealkylation sites (tertiary alicyclic amines) is 1. The zero-order valence-electron chi connectivity index (χ0n) is 18.9. The number of carbonyl (C=O) groups is 2. The molecule has 1 aromatic heterocycles. The zero-order valence-corrected chi connectivity index (χ0v) is 18.9. The molecule has 0 radical (unpaired) electrons. The number of nitrogens with zero attached hydrogens (tertiary/aromatic N) is 3. The fraction of sp³-hybridized carbons (Fsp3) is 0.385. The number of Topliss-reactive ketones (excluding diaryl/α,β-unsaturated/α-hetero) is 1. The van der Waals surface area contributed by atoms with Gasteiger partial charge in [0.2, 0.25) is 5.91 Å². The predicted molar refractivity (Wildman–Crippen MR) is 125 cm³/mol. The fourth-order valence-electron chi connectivity index (χ4n) is 5.00. The van der Waals surface area contributed by atoms with E-state index in [2.05, 4.69) is 5.10 Å². The number of hydrogen-bond acceptors (Lipinski definition) is 5. The van der Waals surface area contributed by atoms with Crippen LogP contribution in [0.1, 0.15) is 40.9 Å². The van der Waals surface area contributed by atoms with Crippen molar-refractivity contribution in [2.75, 3.05) is 13.1 Å². The first-order valence-corrected chi connectivity index (χ1v) is 11.5. The van der Waals surface area contributed by atoms with Crippen LogP contribution in [0.2, 0.25) is 0 Å². The van der Waals surface area contributed by atoms with Crippen molar-refractivity contribution in [3.05, 3.63) is 69.6 Å². The van der Waals surface area contributed by atoms with Crippen molar-refractivity contribution in [2.24, 2.45) is 5.92 Å². The van der Waals surface area contributed by atoms with E-state index in [1.165, 1.54) is 4.68 Å². The van der Waals surface area contributed by atoms with Crippen molar-refractivity contribution in [1.82, 2.24) is 14.7 Å². The zero-order chi connectivity index (χ0) is 23.1. The maximum Gasteiger partial charge on any atom is 0.275 e. The summed E-state index contributed by atoms with van der Waals surface area (Å²) < 4.78 is 7.47. The second-order valence-corrected chi connectivity index (χ2v) is 9.12. The molecule has 1 amide bonds. The van der Waals surface area contributed by atoms with Crippen molar-refractivity contribution in [3.8, 4) is 5.75 Å². The molecule has 0 bridgehead atoms. The first kappa shape index (κ1) is 21.4. The van der Waals surface area contributed by atoms with Crippen LogP contribution in [-0.2, 0) is 11.3 Å². The third kappa shape index (κ3) is 4.03. The molecule has 0 saturated carbocycles. The van der Waals surface area contributed by atoms with Crippen LogP contribution in [0.25, 0.3) is 10.8 Å². The van der Waals surface area contributed by atoms with E-state index < -0.39 is 0 Å². The molecule has 2 aliphatic heterocycles. The van der Waals surface area contributed by atoms with Gasteiger partial charge in [0.25, 0.3) is 5.56 Å². The van der Waals surface area contributed by atoms with E-state index in [1.54, 1.807) is 11.0 Å². The van der Waals surface area contributed by atoms with Crippen molar-refractivity contribution >= 4 is 22.5 Å². The fourth-order valence-corrected chi connectivity index (χ4v) is 5.00. The highest BCUT2D eigenvalue weighted by Crippen LogP contribution is 2.34. The largest absolute Gasteiger partial charge is 0.489 e. The first-order valence-electron chi connectivity index (χ1n) is 11.5. The Balaban J connectivity index is 1.31. The number of rotatable bonds is 3. The van der Waals surface area contributed by atoms with Gasteiger partial charge >= 0.3 is 0 Å². The molecular weight excluding hydrogens is 418 g/mol. The van der Waals surface area contributed by atoms with Gasteiger partial charge in [-0.05, 0) is 44.9 Å². The molecule has 2 aromatic carbocycles. The normalized spacial score (nSPS) is 20.4. The van der Waals surface area contributed by atoms with Crippen LogP contribution in [0.15, 0.2) is 47.3 Å². The van der Waals surface area contributed by atoms with Gasteiger partial charge in [0, 0.05) is 30.8 Å². The van der Waals surface area contributed by atoms with Crippen molar-refractivity contribution in [2.45, 2.75) is 45.8 Å². The molecule has 0 spiro atoms. The number of ether oxygens (including phenoxy) is 1. The van der Waals surface area contributed by atoms with Crippen LogP contribution in [0.3, 0.4) is 0 Å². The number of amides is 1. The summed E-state index contributed by atoms with van der Waals surface area (Å²) in [6.07, 6.45) is 1.82. The topological polar surface area (TPSA) is 81.5 Å². The summed E-state index contributed by atoms with van der Waals surface area (Å²) in [5, 5.41) is 5.75. The Morgan fingerprint density at radius 1 is 1.12 bits per heavy atom. The van der Waals surface area contributed by atoms with Gasteiger partial charge in [0.15, 0.2) is 5.78 Å². The Bertz CT molecular complexity index is 1310. The van der Waals surface area contributed by atoms with Gasteiger partial charge in [0.1, 0.15) is 18.4 Å². The summed E-state index contributed by atoms with van der Waals surface area (Å²) in [7, 11) is 0. The van der Waals surface area contributed by atoms with Gasteiger partial charge in [0.05, 0.1) is 16.6 Å². The SMILES string of the molecule is Cc1ccc2c(c1)C(=O)CC(C1CCCN(C(=O)Cn3nc(C)c4ccccc4c3=O)C1)O2. The van der Waals surface area contributed by atoms with Crippen molar-refractivity contribution in [3.63, 3.8) is 0 Å². The molecule has 33 heavy (non-hydrogen) atoms. The number of benzene rings is 2. The molecule has 2 unspecified atom stereocenters. The van der Waals surface area contributed by atoms with E-state index in [4.69, 9.17) is 4.74 Å². The van der Waals surface area contributed by atoms with E-state index in [1.807, 2.05) is 50.2 Å². The highest BCUT2D eigenvalue weighted by molar-refractivity contribution is 6.00. The molecule has 2 aliphatic rings. The molecule has 170 valence electrons. The lowest BCUT2D eigenvalue weighted by Crippen LogP contribution is -2.48. The van der Waals surface area contributed by atoms with Crippen molar-refractivity contribution < 1.29 is 14.3 Å². The van der Waals surface area contributed by atoms with Gasteiger partial charge in [-0.2, -0.15) is 5.10 Å². The number of carbonyl (C=O) groups excluding carboxylic acids is 2. The smallest absolute Gasteiger partial charge is 0.275 e. The monoisotopic (exact) mass is 445 g/mol. The maximum atomic E-state index is 13.1. The van der Waals surface area contributed by atoms with Crippen LogP contribution < -0.4 is 10.3 Å². The minimum Gasteiger partial charge on any atom is -0.489 e. The number of aryl methyl sites for hydroxylation is 2. The number of aromatic nitrogens is 2. The lowest BCUT2D eigenvalue weighted by Gasteiger charge is -2.38. The third-order valence-corrected chi connectivity index (χ3v) is 6.77. The Morgan fingerprint density at radius 2 is 1.91 bits per heavy atom. The van der Waals surface area contributed by atoms with Gasteiger partial charge in [-0.15, -0.1) is 0 Å². The van der Waals surface area contributed by atoms with Gasteiger partial charge < -0.3 is 9.64 Å². The molecule has 1 saturated heterocycles. The predicted octanol–water partition coefficient (Wildman–Crippen LogP) is 3.29. The Hall–Kier alpha value is -3.48. The highest BCUT2D eigenvalue weighted by Gasteiger charge is 2.36. The summed E-state index contributed by atoms with van der Waals surface area (Å²) in [5.41, 5.74) is 2.14. The molecule has 2 atom stereocenters. The highest BCUT2D eigenvalue weighted by atomic mass is 16.5. The summed E-state index contributed by atoms with van der Waals surface area (Å²) in [4.78, 5) is 40.5. The number of fused-ring (bicyclic) bond motifs is 2. The van der Waals surface area contributed by atoms with Crippen LogP contribution in [0, 0.1) is 19.8 Å². The number of ketones is 1. The van der Waals surface area contributed by atoms with E-state index in [-0.39, 0.29) is 35.8 Å². The van der Waals surface area contributed by atoms with Crippen molar-refractivity contribution in [1.29, 1.82) is 0 Å². The number of hydrogen-bond donors (Lipinski definition) is 0. The molecule has 3 aromatic rings. The average Bonchev–Trinajstić information content (AvgIpc) is 2.83. The van der Waals surface area contributed by atoms with E-state index in [0.717, 1.165) is 29.5 Å². The summed E-state index contributed by atoms with van der Waals surface area (Å²) in [6.45, 7) is 4.86. The second-order valence-electron chi connectivity index (χ2n) is 9.12. The summed E-state index contributed by atoms with van der Waals surface area (Å²) >= 11 is 0. The Labute approximate surface area is 192 Å². The van der Waals surface area contributed by atoms with Gasteiger partial charge in [-0.25, -0.2) is 4.68 Å². The summed E-state index contributed by atoms with van der Waals surface area (Å²) in [5.74, 6) is 0.662. The van der Waals surface area contributed by atoms with E-state index in [9.17, 15) is 14.4 Å². The maximum absolute atomic E-state index is 13.1. The standard InChI is InChI=1S/C26H27N3O4/c1-16-9-10-23-21(12-16)22(30)13-24(33-23)18-6-5-11-28(14-18)25(31)15-29-26(32)20-8-4-3-7-19(20)17(2)27-29/h3-4,7-10,12,18,24H,5-6,11,13-15H2,1-2H3. The summed E-state index contributed by atoms with van der Waals surface area (Å²) in [6, 6.07) is 13.0. The molecule has 0 N–H and O–H groups in total.